The predicted molar refractivity (Wildman–Crippen MR) is 204 cm³/mol. The zero-order valence-electron chi connectivity index (χ0n) is 32.0. The summed E-state index contributed by atoms with van der Waals surface area (Å²) in [7, 11) is 1.43. The van der Waals surface area contributed by atoms with Crippen molar-refractivity contribution in [2.75, 3.05) is 24.7 Å². The number of aliphatic hydroxyl groups excluding tert-OH is 2. The molecule has 5 bridgehead atoms. The second-order valence-electron chi connectivity index (χ2n) is 14.2. The summed E-state index contributed by atoms with van der Waals surface area (Å²) in [4.78, 5) is 40.0. The normalized spacial score (nSPS) is 31.7. The lowest BCUT2D eigenvalue weighted by Crippen LogP contribution is -2.46. The number of carbonyl (C=O) groups is 3. The number of hydrogen-bond acceptors (Lipinski definition) is 14. The van der Waals surface area contributed by atoms with Crippen molar-refractivity contribution in [2.45, 2.75) is 90.5 Å². The number of fused-ring (bicyclic) bond motifs is 14. The summed E-state index contributed by atoms with van der Waals surface area (Å²) in [6, 6.07) is 0. The van der Waals surface area contributed by atoms with E-state index in [0.717, 1.165) is 11.8 Å². The molecule has 0 saturated heterocycles. The Balaban J connectivity index is 1.95. The number of allylic oxidation sites excluding steroid dienone is 2. The smallest absolute Gasteiger partial charge is 0.312 e. The summed E-state index contributed by atoms with van der Waals surface area (Å²) in [6.07, 6.45) is 3.58. The number of phenols is 3. The number of carbonyl (C=O) groups excluding carboxylic acids is 3. The maximum absolute atomic E-state index is 14.2. The Labute approximate surface area is 319 Å². The largest absolute Gasteiger partial charge is 0.507 e. The monoisotopic (exact) mass is 772 g/mol. The lowest BCUT2D eigenvalue weighted by Gasteiger charge is -2.38. The zero-order chi connectivity index (χ0) is 40.4. The number of ketones is 1. The molecule has 3 heterocycles. The Morgan fingerprint density at radius 1 is 0.981 bits per heavy atom. The minimum Gasteiger partial charge on any atom is -0.507 e. The van der Waals surface area contributed by atoms with Gasteiger partial charge in [-0.15, -0.1) is 11.8 Å². The Bertz CT molecular complexity index is 1880. The maximum Gasteiger partial charge on any atom is 0.312 e. The van der Waals surface area contributed by atoms with Gasteiger partial charge in [-0.2, -0.15) is 0 Å². The van der Waals surface area contributed by atoms with Gasteiger partial charge in [0.15, 0.2) is 5.75 Å². The lowest BCUT2D eigenvalue weighted by atomic mass is 9.78. The van der Waals surface area contributed by atoms with Crippen molar-refractivity contribution < 1.29 is 58.9 Å². The van der Waals surface area contributed by atoms with Crippen molar-refractivity contribution in [2.24, 2.45) is 29.4 Å². The van der Waals surface area contributed by atoms with Crippen LogP contribution in [0.25, 0.3) is 10.8 Å². The van der Waals surface area contributed by atoms with Crippen molar-refractivity contribution in [1.82, 2.24) is 0 Å². The molecule has 9 atom stereocenters. The minimum absolute atomic E-state index is 0.00189. The first-order valence-electron chi connectivity index (χ1n) is 17.7. The number of aliphatic hydroxyl groups is 2. The van der Waals surface area contributed by atoms with Crippen LogP contribution in [0.3, 0.4) is 0 Å². The lowest BCUT2D eigenvalue weighted by molar-refractivity contribution is -0.160. The summed E-state index contributed by atoms with van der Waals surface area (Å²) in [5.41, 5.74) is 5.65. The molecule has 54 heavy (non-hydrogen) atoms. The highest BCUT2D eigenvalue weighted by atomic mass is 32.2. The van der Waals surface area contributed by atoms with E-state index in [1.165, 1.54) is 53.2 Å². The highest BCUT2D eigenvalue weighted by molar-refractivity contribution is 7.99. The number of amides is 1. The van der Waals surface area contributed by atoms with Crippen molar-refractivity contribution >= 4 is 45.9 Å². The van der Waals surface area contributed by atoms with Crippen LogP contribution in [0.5, 0.6) is 23.0 Å². The van der Waals surface area contributed by atoms with Crippen LogP contribution in [0.1, 0.15) is 64.4 Å². The van der Waals surface area contributed by atoms with E-state index in [2.05, 4.69) is 5.32 Å². The molecule has 2 aromatic carbocycles. The molecule has 0 spiro atoms. The predicted octanol–water partition coefficient (Wildman–Crippen LogP) is 4.80. The number of anilines is 1. The number of nitrogens with two attached hydrogens (primary N) is 1. The number of nitrogens with one attached hydrogen (secondary N) is 1. The fraction of sp³-hybridized carbons (Fsp3) is 0.513. The third kappa shape index (κ3) is 8.05. The van der Waals surface area contributed by atoms with E-state index in [4.69, 9.17) is 24.7 Å². The number of Topliss-reactive ketones (excluding diaryl/α,β-unsaturated/α-hetero) is 1. The molecule has 0 aromatic heterocycles. The molecule has 14 nitrogen and oxygen atoms in total. The van der Waals surface area contributed by atoms with Crippen LogP contribution >= 0.6 is 11.8 Å². The number of thioether (sulfide) groups is 1. The van der Waals surface area contributed by atoms with E-state index < -0.39 is 88.8 Å². The Hall–Kier alpha value is -4.28. The molecule has 1 amide bonds. The van der Waals surface area contributed by atoms with Crippen LogP contribution in [0, 0.1) is 30.6 Å². The van der Waals surface area contributed by atoms with E-state index in [-0.39, 0.29) is 56.1 Å². The molecule has 15 heteroatoms. The molecular weight excluding hydrogens is 720 g/mol. The molecule has 8 N–H and O–H groups in total. The number of hydrogen-bond donors (Lipinski definition) is 7. The second-order valence-corrected chi connectivity index (χ2v) is 15.3. The highest BCUT2D eigenvalue weighted by Gasteiger charge is 2.50. The Morgan fingerprint density at radius 3 is 2.26 bits per heavy atom. The average molecular weight is 773 g/mol. The summed E-state index contributed by atoms with van der Waals surface area (Å²) < 4.78 is 23.4. The van der Waals surface area contributed by atoms with E-state index in [1.807, 2.05) is 0 Å². The average Bonchev–Trinajstić information content (AvgIpc) is 3.39. The molecule has 0 fully saturated rings. The molecule has 0 radical (unpaired) electrons. The van der Waals surface area contributed by atoms with Gasteiger partial charge in [0.1, 0.15) is 29.0 Å². The molecule has 0 saturated carbocycles. The summed E-state index contributed by atoms with van der Waals surface area (Å²) in [5, 5.41) is 59.7. The first-order chi connectivity index (χ1) is 25.3. The second kappa shape index (κ2) is 17.0. The van der Waals surface area contributed by atoms with Crippen molar-refractivity contribution in [3.63, 3.8) is 0 Å². The zero-order valence-corrected chi connectivity index (χ0v) is 32.8. The van der Waals surface area contributed by atoms with Gasteiger partial charge in [0.05, 0.1) is 40.4 Å². The van der Waals surface area contributed by atoms with Crippen LogP contribution in [0.15, 0.2) is 41.0 Å². The summed E-state index contributed by atoms with van der Waals surface area (Å²) in [5.74, 6) is -7.89. The highest BCUT2D eigenvalue weighted by Crippen LogP contribution is 2.57. The van der Waals surface area contributed by atoms with Crippen molar-refractivity contribution in [3.05, 3.63) is 47.3 Å². The van der Waals surface area contributed by atoms with Crippen molar-refractivity contribution in [1.29, 1.82) is 0 Å². The van der Waals surface area contributed by atoms with Gasteiger partial charge in [0, 0.05) is 73.4 Å². The standard InChI is InChI=1S/C39H52N2O12S/c1-17-11-10-12-18(2)38(49)41-28-32(46)26-25(33(47)36(28)54-16-14-40)27-35(22(6)31(26)45)53-39(8,37(27)48)51-15-13-24(50-9)19(3)34(52-23(7)42)21(5)30(44)20(4)29(17)43/h10-13,15,17,19-21,24,29-30,34,43-47H,14,16,40H2,1-9H3,(H,41,49)/b11-10+,15-13+,18-12-/t17-,19-,20-,21+,24+,29+,30+,34-,39+/m1/s1. The molecular formula is C39H52N2O12S. The van der Waals surface area contributed by atoms with Gasteiger partial charge in [0.2, 0.25) is 0 Å². The molecule has 3 aliphatic rings. The SMILES string of the molecule is CO[C@H]1/C=C/O[C@@]2(C)Oc3c(C)c(O)c4c(O)c(c(SCCN)c(O)c4c3C2=O)NC(=O)/C(C)=C\C=C\[C@@H](C)[C@H](O)[C@@H](C)[C@H](O)[C@H](C)[C@H](OC(C)=O)[C@@H]1C. The molecule has 0 unspecified atom stereocenters. The van der Waals surface area contributed by atoms with Gasteiger partial charge >= 0.3 is 11.8 Å². The number of phenolic OH excluding ortho intramolecular Hbond substituents is 3. The van der Waals surface area contributed by atoms with Gasteiger partial charge in [-0.1, -0.05) is 45.9 Å². The summed E-state index contributed by atoms with van der Waals surface area (Å²) >= 11 is 1.02. The van der Waals surface area contributed by atoms with Crippen LogP contribution < -0.4 is 15.8 Å². The topological polar surface area (TPSA) is 227 Å². The third-order valence-electron chi connectivity index (χ3n) is 10.3. The van der Waals surface area contributed by atoms with Gasteiger partial charge in [-0.05, 0) is 19.9 Å². The number of rotatable bonds is 5. The van der Waals surface area contributed by atoms with Crippen LogP contribution in [0.2, 0.25) is 0 Å². The maximum atomic E-state index is 14.2. The van der Waals surface area contributed by atoms with E-state index in [9.17, 15) is 39.9 Å². The third-order valence-corrected chi connectivity index (χ3v) is 11.4. The molecule has 3 aliphatic heterocycles. The fourth-order valence-corrected chi connectivity index (χ4v) is 7.85. The van der Waals surface area contributed by atoms with Crippen LogP contribution in [0.4, 0.5) is 5.69 Å². The van der Waals surface area contributed by atoms with Gasteiger partial charge in [-0.25, -0.2) is 0 Å². The Morgan fingerprint density at radius 2 is 1.65 bits per heavy atom. The van der Waals surface area contributed by atoms with E-state index >= 15 is 0 Å². The number of benzene rings is 2. The summed E-state index contributed by atoms with van der Waals surface area (Å²) in [6.45, 7) is 12.7. The number of ether oxygens (including phenoxy) is 4. The minimum atomic E-state index is -2.02. The Kier molecular flexibility index (Phi) is 13.4. The van der Waals surface area contributed by atoms with Crippen LogP contribution in [-0.2, 0) is 23.8 Å². The number of aromatic hydroxyl groups is 3. The first kappa shape index (κ1) is 42.5. The van der Waals surface area contributed by atoms with Gasteiger partial charge < -0.3 is 55.5 Å². The molecule has 296 valence electrons. The fourth-order valence-electron chi connectivity index (χ4n) is 7.00. The number of methoxy groups -OCH3 is 1. The van der Waals surface area contributed by atoms with E-state index in [1.54, 1.807) is 39.8 Å². The van der Waals surface area contributed by atoms with E-state index in [0.29, 0.717) is 0 Å². The molecule has 2 aromatic rings. The number of esters is 1. The van der Waals surface area contributed by atoms with Gasteiger partial charge in [-0.3, -0.25) is 14.4 Å². The molecule has 5 rings (SSSR count). The first-order valence-corrected chi connectivity index (χ1v) is 18.7. The molecule has 0 aliphatic carbocycles. The van der Waals surface area contributed by atoms with Crippen LogP contribution in [-0.4, -0.2) is 92.8 Å². The van der Waals surface area contributed by atoms with Crippen molar-refractivity contribution in [3.8, 4) is 23.0 Å². The van der Waals surface area contributed by atoms with Gasteiger partial charge in [0.25, 0.3) is 11.7 Å². The quantitative estimate of drug-likeness (QED) is 0.0938.